The van der Waals surface area contributed by atoms with Gasteiger partial charge in [-0.15, -0.1) is 0 Å². The number of hydrogen-bond acceptors (Lipinski definition) is 2. The van der Waals surface area contributed by atoms with Crippen molar-refractivity contribution in [3.63, 3.8) is 0 Å². The summed E-state index contributed by atoms with van der Waals surface area (Å²) in [6, 6.07) is 5.42. The number of nitriles is 1. The largest absolute Gasteiger partial charge is 0.512 e. The molecule has 0 unspecified atom stereocenters. The van der Waals surface area contributed by atoms with E-state index in [1.807, 2.05) is 0 Å². The number of aromatic nitrogens is 1. The molecule has 0 aliphatic rings. The molecule has 3 nitrogen and oxygen atoms in total. The monoisotopic (exact) mass is 295 g/mol. The highest BCUT2D eigenvalue weighted by Gasteiger charge is 2.29. The van der Waals surface area contributed by atoms with Crippen LogP contribution in [0.3, 0.4) is 0 Å². The summed E-state index contributed by atoms with van der Waals surface area (Å²) in [5, 5.41) is 8.97. The molecule has 0 amide bonds. The van der Waals surface area contributed by atoms with E-state index in [2.05, 4.69) is 4.98 Å². The Balaban J connectivity index is 2.75. The van der Waals surface area contributed by atoms with Crippen molar-refractivity contribution in [2.75, 3.05) is 0 Å². The van der Waals surface area contributed by atoms with Crippen LogP contribution in [-0.4, -0.2) is 12.0 Å². The van der Waals surface area contributed by atoms with Gasteiger partial charge in [-0.3, -0.25) is 4.79 Å². The van der Waals surface area contributed by atoms with Crippen LogP contribution in [0.1, 0.15) is 11.3 Å². The van der Waals surface area contributed by atoms with E-state index in [4.69, 9.17) is 5.26 Å². The number of H-pyrrole nitrogens is 1. The van der Waals surface area contributed by atoms with E-state index in [9.17, 15) is 22.1 Å². The summed E-state index contributed by atoms with van der Waals surface area (Å²) >= 11 is 0. The van der Waals surface area contributed by atoms with Crippen molar-refractivity contribution in [1.82, 2.24) is 4.98 Å². The van der Waals surface area contributed by atoms with Crippen LogP contribution in [0.15, 0.2) is 29.1 Å². The summed E-state index contributed by atoms with van der Waals surface area (Å²) in [6.45, 7) is -3.99. The Hall–Kier alpha value is -2.56. The molecule has 1 N–H and O–H groups in total. The predicted molar refractivity (Wildman–Crippen MR) is 70.6 cm³/mol. The van der Waals surface area contributed by atoms with Gasteiger partial charge in [-0.2, -0.15) is 5.26 Å². The zero-order valence-corrected chi connectivity index (χ0v) is 10.8. The summed E-state index contributed by atoms with van der Waals surface area (Å²) in [7, 11) is 0. The molecule has 0 fully saturated rings. The Morgan fingerprint density at radius 3 is 2.48 bits per heavy atom. The fourth-order valence-electron chi connectivity index (χ4n) is 1.99. The highest BCUT2D eigenvalue weighted by Crippen LogP contribution is 2.23. The normalized spacial score (nSPS) is 11.2. The molecule has 1 aromatic heterocycles. The fraction of sp³-hybridized carbons (Fsp3) is 0.0769. The fourth-order valence-corrected chi connectivity index (χ4v) is 1.99. The van der Waals surface area contributed by atoms with E-state index >= 15 is 0 Å². The van der Waals surface area contributed by atoms with E-state index in [1.54, 1.807) is 6.07 Å². The van der Waals surface area contributed by atoms with Gasteiger partial charge in [0.2, 0.25) is 0 Å². The lowest BCUT2D eigenvalue weighted by Crippen LogP contribution is -2.36. The number of nitrogens with zero attached hydrogens (tertiary/aromatic N) is 1. The first kappa shape index (κ1) is 14.8. The molecule has 1 heterocycles. The second-order valence-corrected chi connectivity index (χ2v) is 4.49. The minimum Gasteiger partial charge on any atom is -0.445 e. The second-order valence-electron chi connectivity index (χ2n) is 4.49. The molecule has 0 aliphatic carbocycles. The van der Waals surface area contributed by atoms with Gasteiger partial charge in [0.25, 0.3) is 5.56 Å². The number of aromatic amines is 1. The summed E-state index contributed by atoms with van der Waals surface area (Å²) < 4.78 is 51.6. The van der Waals surface area contributed by atoms with Gasteiger partial charge in [0.05, 0.1) is 5.82 Å². The average Bonchev–Trinajstić information content (AvgIpc) is 2.37. The number of halogens is 4. The maximum Gasteiger partial charge on any atom is 0.512 e. The molecule has 2 rings (SSSR count). The third-order valence-electron chi connectivity index (χ3n) is 2.94. The van der Waals surface area contributed by atoms with Gasteiger partial charge in [0.1, 0.15) is 11.6 Å². The van der Waals surface area contributed by atoms with E-state index in [0.717, 1.165) is 6.07 Å². The van der Waals surface area contributed by atoms with Crippen molar-refractivity contribution in [3.8, 4) is 17.2 Å². The first-order chi connectivity index (χ1) is 9.74. The molecule has 21 heavy (non-hydrogen) atoms. The second kappa shape index (κ2) is 5.09. The Kier molecular flexibility index (Phi) is 3.60. The maximum atomic E-state index is 13.3. The summed E-state index contributed by atoms with van der Waals surface area (Å²) in [5.41, 5.74) is -1.99. The lowest BCUT2D eigenvalue weighted by Gasteiger charge is -2.17. The van der Waals surface area contributed by atoms with Crippen molar-refractivity contribution in [2.24, 2.45) is 0 Å². The van der Waals surface area contributed by atoms with Crippen LogP contribution in [0.4, 0.5) is 17.3 Å². The van der Waals surface area contributed by atoms with Gasteiger partial charge in [-0.05, 0) is 24.6 Å². The van der Waals surface area contributed by atoms with Crippen LogP contribution >= 0.6 is 0 Å². The molecule has 0 saturated carbocycles. The Morgan fingerprint density at radius 2 is 1.90 bits per heavy atom. The standard InChI is InChI=1S/C13H8BF4N2O/c1-7-4-9(10(6-19)13(21)20-7)8-2-3-12(15)11(5-8)14(16,17)18/h2-5H,1H3,(H,20,21)/q-1. The smallest absolute Gasteiger partial charge is 0.445 e. The zero-order valence-electron chi connectivity index (χ0n) is 10.8. The minimum atomic E-state index is -5.53. The number of rotatable bonds is 2. The van der Waals surface area contributed by atoms with Crippen LogP contribution in [-0.2, 0) is 0 Å². The molecule has 2 aromatic rings. The van der Waals surface area contributed by atoms with Gasteiger partial charge >= 0.3 is 6.98 Å². The Bertz CT molecular complexity index is 805. The van der Waals surface area contributed by atoms with E-state index < -0.39 is 23.8 Å². The van der Waals surface area contributed by atoms with E-state index in [-0.39, 0.29) is 16.7 Å². The molecule has 0 spiro atoms. The molecule has 0 bridgehead atoms. The molecule has 8 heteroatoms. The summed E-state index contributed by atoms with van der Waals surface area (Å²) in [4.78, 5) is 14.0. The van der Waals surface area contributed by atoms with Crippen molar-refractivity contribution in [2.45, 2.75) is 6.92 Å². The molecular formula is C13H8BF4N2O-. The number of benzene rings is 1. The lowest BCUT2D eigenvalue weighted by molar-refractivity contribution is 0.494. The molecule has 0 saturated heterocycles. The van der Waals surface area contributed by atoms with Crippen LogP contribution in [0.5, 0.6) is 0 Å². The minimum absolute atomic E-state index is 0.0312. The van der Waals surface area contributed by atoms with E-state index in [1.165, 1.54) is 13.0 Å². The first-order valence-electron chi connectivity index (χ1n) is 5.88. The average molecular weight is 295 g/mol. The number of nitrogens with one attached hydrogen (secondary N) is 1. The third kappa shape index (κ3) is 2.82. The third-order valence-corrected chi connectivity index (χ3v) is 2.94. The molecule has 0 atom stereocenters. The summed E-state index contributed by atoms with van der Waals surface area (Å²) in [6.07, 6.45) is 0. The van der Waals surface area contributed by atoms with Crippen molar-refractivity contribution < 1.29 is 17.3 Å². The van der Waals surface area contributed by atoms with Crippen molar-refractivity contribution >= 4 is 12.4 Å². The number of aryl methyl sites for hydroxylation is 1. The summed E-state index contributed by atoms with van der Waals surface area (Å²) in [5.74, 6) is -1.38. The van der Waals surface area contributed by atoms with Gasteiger partial charge in [-0.25, -0.2) is 4.39 Å². The van der Waals surface area contributed by atoms with E-state index in [0.29, 0.717) is 17.8 Å². The zero-order chi connectivity index (χ0) is 15.8. The van der Waals surface area contributed by atoms with Crippen LogP contribution in [0, 0.1) is 24.1 Å². The topological polar surface area (TPSA) is 56.6 Å². The van der Waals surface area contributed by atoms with Crippen LogP contribution < -0.4 is 11.0 Å². The highest BCUT2D eigenvalue weighted by molar-refractivity contribution is 6.73. The number of pyridine rings is 1. The molecule has 0 aliphatic heterocycles. The Labute approximate surface area is 116 Å². The van der Waals surface area contributed by atoms with Crippen LogP contribution in [0.2, 0.25) is 0 Å². The SMILES string of the molecule is Cc1cc(-c2ccc(F)c([B-](F)(F)F)c2)c(C#N)c(=O)[nH]1. The Morgan fingerprint density at radius 1 is 1.24 bits per heavy atom. The lowest BCUT2D eigenvalue weighted by atomic mass is 9.78. The van der Waals surface area contributed by atoms with Gasteiger partial charge in [-0.1, -0.05) is 17.6 Å². The van der Waals surface area contributed by atoms with Crippen molar-refractivity contribution in [1.29, 1.82) is 5.26 Å². The molecule has 1 aromatic carbocycles. The van der Waals surface area contributed by atoms with Gasteiger partial charge < -0.3 is 17.9 Å². The number of hydrogen-bond donors (Lipinski definition) is 1. The van der Waals surface area contributed by atoms with Crippen molar-refractivity contribution in [3.05, 3.63) is 51.7 Å². The van der Waals surface area contributed by atoms with Gasteiger partial charge in [0.15, 0.2) is 0 Å². The highest BCUT2D eigenvalue weighted by atomic mass is 19.4. The predicted octanol–water partition coefficient (Wildman–Crippen LogP) is 2.42. The van der Waals surface area contributed by atoms with Crippen LogP contribution in [0.25, 0.3) is 11.1 Å². The van der Waals surface area contributed by atoms with Gasteiger partial charge in [0, 0.05) is 11.3 Å². The molecular weight excluding hydrogens is 287 g/mol. The molecule has 108 valence electrons. The maximum absolute atomic E-state index is 13.3. The first-order valence-corrected chi connectivity index (χ1v) is 5.88. The quantitative estimate of drug-likeness (QED) is 0.683. The molecule has 0 radical (unpaired) electrons.